The molecule has 0 radical (unpaired) electrons. The molecular formula is C25H27F3N4O3. The molecule has 1 saturated heterocycles. The number of alkyl halides is 3. The van der Waals surface area contributed by atoms with Gasteiger partial charge in [0.15, 0.2) is 5.92 Å². The van der Waals surface area contributed by atoms with Crippen LogP contribution in [-0.2, 0) is 20.5 Å². The van der Waals surface area contributed by atoms with E-state index in [2.05, 4.69) is 5.32 Å². The van der Waals surface area contributed by atoms with Gasteiger partial charge in [-0.2, -0.15) is 13.2 Å². The number of halogens is 3. The van der Waals surface area contributed by atoms with Gasteiger partial charge in [-0.1, -0.05) is 35.9 Å². The quantitative estimate of drug-likeness (QED) is 0.527. The first kappa shape index (κ1) is 24.6. The topological polar surface area (TPSA) is 74.2 Å². The third kappa shape index (κ3) is 5.41. The Morgan fingerprint density at radius 1 is 1.09 bits per heavy atom. The standard InChI is InChI=1S/C25H27F3N4O3/c1-3-35-23(34)20-21(17-7-4-6-16(2)14-17)29-24(30-22(20)33)32-12-10-31(11-13-32)19-9-5-8-18(15-19)25(26,27)28/h4-9,14-15,20-21H,3,10-13H2,1-2H3,(H,29,30,33)/t20-,21-/m1/s1. The summed E-state index contributed by atoms with van der Waals surface area (Å²) in [5.41, 5.74) is 1.52. The molecule has 4 rings (SSSR count). The number of aliphatic imine (C=N–C) groups is 1. The number of hydrogen-bond donors (Lipinski definition) is 1. The van der Waals surface area contributed by atoms with E-state index in [-0.39, 0.29) is 6.61 Å². The van der Waals surface area contributed by atoms with Crippen molar-refractivity contribution in [2.75, 3.05) is 37.7 Å². The molecule has 35 heavy (non-hydrogen) atoms. The minimum Gasteiger partial charge on any atom is -0.465 e. The minimum atomic E-state index is -4.40. The minimum absolute atomic E-state index is 0.150. The highest BCUT2D eigenvalue weighted by molar-refractivity contribution is 6.08. The van der Waals surface area contributed by atoms with Crippen molar-refractivity contribution >= 4 is 23.5 Å². The summed E-state index contributed by atoms with van der Waals surface area (Å²) in [4.78, 5) is 34.1. The number of piperazine rings is 1. The second kappa shape index (κ2) is 9.97. The van der Waals surface area contributed by atoms with E-state index in [1.807, 2.05) is 41.0 Å². The van der Waals surface area contributed by atoms with Crippen molar-refractivity contribution in [3.05, 3.63) is 65.2 Å². The molecule has 2 heterocycles. The number of rotatable bonds is 4. The molecule has 0 aliphatic carbocycles. The molecule has 0 unspecified atom stereocenters. The zero-order valence-corrected chi connectivity index (χ0v) is 19.5. The van der Waals surface area contributed by atoms with Crippen LogP contribution >= 0.6 is 0 Å². The number of guanidine groups is 1. The molecule has 1 N–H and O–H groups in total. The van der Waals surface area contributed by atoms with E-state index in [1.165, 1.54) is 6.07 Å². The van der Waals surface area contributed by atoms with E-state index in [4.69, 9.17) is 9.73 Å². The summed E-state index contributed by atoms with van der Waals surface area (Å²) < 4.78 is 44.4. The monoisotopic (exact) mass is 488 g/mol. The van der Waals surface area contributed by atoms with Gasteiger partial charge in [-0.3, -0.25) is 14.9 Å². The molecule has 0 spiro atoms. The Labute approximate surface area is 201 Å². The van der Waals surface area contributed by atoms with E-state index in [9.17, 15) is 22.8 Å². The molecule has 7 nitrogen and oxygen atoms in total. The second-order valence-electron chi connectivity index (χ2n) is 8.55. The highest BCUT2D eigenvalue weighted by Gasteiger charge is 2.42. The van der Waals surface area contributed by atoms with Crippen molar-refractivity contribution in [3.8, 4) is 0 Å². The van der Waals surface area contributed by atoms with Gasteiger partial charge in [0.1, 0.15) is 6.04 Å². The van der Waals surface area contributed by atoms with Crippen LogP contribution in [0, 0.1) is 12.8 Å². The molecule has 0 bridgehead atoms. The molecular weight excluding hydrogens is 461 g/mol. The second-order valence-corrected chi connectivity index (χ2v) is 8.55. The van der Waals surface area contributed by atoms with Crippen LogP contribution in [-0.4, -0.2) is 55.5 Å². The Bertz CT molecular complexity index is 1130. The van der Waals surface area contributed by atoms with Gasteiger partial charge < -0.3 is 14.5 Å². The number of nitrogens with zero attached hydrogens (tertiary/aromatic N) is 3. The zero-order chi connectivity index (χ0) is 25.2. The Morgan fingerprint density at radius 2 is 1.77 bits per heavy atom. The molecule has 2 aliphatic rings. The fraction of sp³-hybridized carbons (Fsp3) is 0.400. The Kier molecular flexibility index (Phi) is 7.00. The summed E-state index contributed by atoms with van der Waals surface area (Å²) in [5, 5.41) is 2.74. The third-order valence-corrected chi connectivity index (χ3v) is 6.14. The zero-order valence-electron chi connectivity index (χ0n) is 19.5. The van der Waals surface area contributed by atoms with Crippen LogP contribution in [0.2, 0.25) is 0 Å². The number of ether oxygens (including phenoxy) is 1. The third-order valence-electron chi connectivity index (χ3n) is 6.14. The van der Waals surface area contributed by atoms with Gasteiger partial charge in [0.2, 0.25) is 11.9 Å². The van der Waals surface area contributed by atoms with Gasteiger partial charge in [-0.15, -0.1) is 0 Å². The number of carbonyl (C=O) groups excluding carboxylic acids is 2. The van der Waals surface area contributed by atoms with Crippen LogP contribution in [0.15, 0.2) is 53.5 Å². The number of nitrogens with one attached hydrogen (secondary N) is 1. The smallest absolute Gasteiger partial charge is 0.416 e. The highest BCUT2D eigenvalue weighted by atomic mass is 19.4. The average Bonchev–Trinajstić information content (AvgIpc) is 2.83. The number of aryl methyl sites for hydroxylation is 1. The van der Waals surface area contributed by atoms with Gasteiger partial charge in [-0.25, -0.2) is 4.99 Å². The highest BCUT2D eigenvalue weighted by Crippen LogP contribution is 2.33. The molecule has 186 valence electrons. The fourth-order valence-electron chi connectivity index (χ4n) is 4.38. The van der Waals surface area contributed by atoms with Crippen molar-refractivity contribution < 1.29 is 27.5 Å². The van der Waals surface area contributed by atoms with Crippen LogP contribution in [0.1, 0.15) is 29.7 Å². The molecule has 10 heteroatoms. The number of anilines is 1. The van der Waals surface area contributed by atoms with Gasteiger partial charge in [-0.05, 0) is 37.6 Å². The maximum absolute atomic E-state index is 13.1. The predicted octanol–water partition coefficient (Wildman–Crippen LogP) is 3.54. The van der Waals surface area contributed by atoms with Gasteiger partial charge in [0, 0.05) is 31.9 Å². The lowest BCUT2D eigenvalue weighted by Crippen LogP contribution is -2.57. The van der Waals surface area contributed by atoms with E-state index in [0.717, 1.165) is 23.3 Å². The molecule has 1 fully saturated rings. The molecule has 0 aromatic heterocycles. The largest absolute Gasteiger partial charge is 0.465 e. The lowest BCUT2D eigenvalue weighted by atomic mass is 9.90. The van der Waals surface area contributed by atoms with Gasteiger partial charge >= 0.3 is 12.1 Å². The van der Waals surface area contributed by atoms with E-state index in [0.29, 0.717) is 37.8 Å². The Hall–Kier alpha value is -3.56. The maximum Gasteiger partial charge on any atom is 0.416 e. The summed E-state index contributed by atoms with van der Waals surface area (Å²) >= 11 is 0. The van der Waals surface area contributed by atoms with E-state index < -0.39 is 35.6 Å². The SMILES string of the molecule is CCOC(=O)[C@H]1C(=O)NC(N2CCN(c3cccc(C(F)(F)F)c3)CC2)=N[C@@H]1c1cccc(C)c1. The lowest BCUT2D eigenvalue weighted by Gasteiger charge is -2.39. The Balaban J connectivity index is 1.54. The van der Waals surface area contributed by atoms with Gasteiger partial charge in [0.05, 0.1) is 12.2 Å². The van der Waals surface area contributed by atoms with E-state index in [1.54, 1.807) is 13.0 Å². The Morgan fingerprint density at radius 3 is 2.43 bits per heavy atom. The number of hydrogen-bond acceptors (Lipinski definition) is 6. The molecule has 2 aromatic carbocycles. The van der Waals surface area contributed by atoms with Crippen LogP contribution < -0.4 is 10.2 Å². The molecule has 2 aromatic rings. The molecule has 0 saturated carbocycles. The summed E-state index contributed by atoms with van der Waals surface area (Å²) in [7, 11) is 0. The number of carbonyl (C=O) groups is 2. The van der Waals surface area contributed by atoms with Crippen molar-refractivity contribution in [1.29, 1.82) is 0 Å². The summed E-state index contributed by atoms with van der Waals surface area (Å²) in [6.45, 7) is 5.54. The predicted molar refractivity (Wildman–Crippen MR) is 125 cm³/mol. The van der Waals surface area contributed by atoms with Crippen molar-refractivity contribution in [2.24, 2.45) is 10.9 Å². The van der Waals surface area contributed by atoms with Crippen LogP contribution in [0.25, 0.3) is 0 Å². The summed E-state index contributed by atoms with van der Waals surface area (Å²) in [6.07, 6.45) is -4.40. The first-order valence-corrected chi connectivity index (χ1v) is 11.5. The first-order valence-electron chi connectivity index (χ1n) is 11.5. The number of amides is 1. The molecule has 2 atom stereocenters. The lowest BCUT2D eigenvalue weighted by molar-refractivity contribution is -0.153. The van der Waals surface area contributed by atoms with Gasteiger partial charge in [0.25, 0.3) is 0 Å². The fourth-order valence-corrected chi connectivity index (χ4v) is 4.38. The maximum atomic E-state index is 13.1. The normalized spacial score (nSPS) is 20.8. The average molecular weight is 489 g/mol. The van der Waals surface area contributed by atoms with Crippen molar-refractivity contribution in [3.63, 3.8) is 0 Å². The number of benzene rings is 2. The molecule has 1 amide bonds. The molecule has 2 aliphatic heterocycles. The van der Waals surface area contributed by atoms with Crippen LogP contribution in [0.5, 0.6) is 0 Å². The van der Waals surface area contributed by atoms with E-state index >= 15 is 0 Å². The first-order chi connectivity index (χ1) is 16.7. The summed E-state index contributed by atoms with van der Waals surface area (Å²) in [6, 6.07) is 12.0. The number of esters is 1. The van der Waals surface area contributed by atoms with Crippen LogP contribution in [0.3, 0.4) is 0 Å². The summed E-state index contributed by atoms with van der Waals surface area (Å²) in [5.74, 6) is -1.87. The van der Waals surface area contributed by atoms with Crippen molar-refractivity contribution in [1.82, 2.24) is 10.2 Å². The van der Waals surface area contributed by atoms with Crippen LogP contribution in [0.4, 0.5) is 18.9 Å². The van der Waals surface area contributed by atoms with Crippen molar-refractivity contribution in [2.45, 2.75) is 26.1 Å².